The highest BCUT2D eigenvalue weighted by atomic mass is 19.4. The Morgan fingerprint density at radius 2 is 2.14 bits per heavy atom. The van der Waals surface area contributed by atoms with Crippen molar-refractivity contribution in [2.45, 2.75) is 32.5 Å². The van der Waals surface area contributed by atoms with E-state index in [1.165, 1.54) is 6.07 Å². The van der Waals surface area contributed by atoms with Gasteiger partial charge in [0, 0.05) is 6.20 Å². The monoisotopic (exact) mass is 315 g/mol. The van der Waals surface area contributed by atoms with Crippen LogP contribution < -0.4 is 5.32 Å². The van der Waals surface area contributed by atoms with Gasteiger partial charge in [0.15, 0.2) is 0 Å². The van der Waals surface area contributed by atoms with Crippen molar-refractivity contribution < 1.29 is 23.1 Å². The molecule has 0 spiro atoms. The molecule has 2 aromatic heterocycles. The lowest BCUT2D eigenvalue weighted by atomic mass is 10.2. The van der Waals surface area contributed by atoms with Crippen molar-refractivity contribution in [2.75, 3.05) is 6.61 Å². The van der Waals surface area contributed by atoms with E-state index in [-0.39, 0.29) is 17.9 Å². The van der Waals surface area contributed by atoms with Crippen LogP contribution in [0.1, 0.15) is 35.1 Å². The highest BCUT2D eigenvalue weighted by molar-refractivity contribution is 5.94. The number of aromatic nitrogens is 2. The number of amides is 1. The fraction of sp³-hybridized carbons (Fsp3) is 0.429. The van der Waals surface area contributed by atoms with Crippen molar-refractivity contribution in [3.63, 3.8) is 0 Å². The standard InChI is InChI=1S/C14H16F3N3O2/c1-3-10(7-21)19-13(22)12-8(2)18-11-5-4-9(6-20(11)12)14(15,16)17/h4-6,10,21H,3,7H2,1-2H3,(H,19,22). The van der Waals surface area contributed by atoms with Gasteiger partial charge in [0.2, 0.25) is 0 Å². The first kappa shape index (κ1) is 16.3. The Morgan fingerprint density at radius 3 is 2.68 bits per heavy atom. The molecular formula is C14H16F3N3O2. The molecule has 0 aliphatic rings. The first-order valence-corrected chi connectivity index (χ1v) is 6.75. The molecule has 0 aliphatic heterocycles. The van der Waals surface area contributed by atoms with E-state index in [2.05, 4.69) is 10.3 Å². The van der Waals surface area contributed by atoms with E-state index < -0.39 is 23.7 Å². The highest BCUT2D eigenvalue weighted by Gasteiger charge is 2.31. The number of aliphatic hydroxyl groups is 1. The smallest absolute Gasteiger partial charge is 0.394 e. The van der Waals surface area contributed by atoms with Gasteiger partial charge in [-0.15, -0.1) is 0 Å². The van der Waals surface area contributed by atoms with E-state index in [0.717, 1.165) is 16.7 Å². The molecule has 2 N–H and O–H groups in total. The van der Waals surface area contributed by atoms with Crippen LogP contribution in [0.5, 0.6) is 0 Å². The normalized spacial score (nSPS) is 13.4. The van der Waals surface area contributed by atoms with Crippen molar-refractivity contribution >= 4 is 11.6 Å². The fourth-order valence-electron chi connectivity index (χ4n) is 2.13. The molecule has 0 radical (unpaired) electrons. The van der Waals surface area contributed by atoms with Crippen molar-refractivity contribution in [3.8, 4) is 0 Å². The summed E-state index contributed by atoms with van der Waals surface area (Å²) >= 11 is 0. The minimum atomic E-state index is -4.50. The van der Waals surface area contributed by atoms with Crippen LogP contribution in [0.4, 0.5) is 13.2 Å². The maximum atomic E-state index is 12.8. The molecule has 2 heterocycles. The summed E-state index contributed by atoms with van der Waals surface area (Å²) in [6.07, 6.45) is -3.15. The van der Waals surface area contributed by atoms with Crippen LogP contribution in [-0.4, -0.2) is 33.0 Å². The summed E-state index contributed by atoms with van der Waals surface area (Å²) in [4.78, 5) is 16.4. The van der Waals surface area contributed by atoms with Gasteiger partial charge in [0.05, 0.1) is 23.9 Å². The van der Waals surface area contributed by atoms with Crippen molar-refractivity contribution in [2.24, 2.45) is 0 Å². The van der Waals surface area contributed by atoms with Gasteiger partial charge in [-0.3, -0.25) is 9.20 Å². The van der Waals surface area contributed by atoms with Gasteiger partial charge in [-0.25, -0.2) is 4.98 Å². The second kappa shape index (κ2) is 5.96. The summed E-state index contributed by atoms with van der Waals surface area (Å²) in [6, 6.07) is 1.69. The molecule has 5 nitrogen and oxygen atoms in total. The van der Waals surface area contributed by atoms with Crippen molar-refractivity contribution in [1.29, 1.82) is 0 Å². The molecule has 0 fully saturated rings. The number of nitrogens with zero attached hydrogens (tertiary/aromatic N) is 2. The number of nitrogens with one attached hydrogen (secondary N) is 1. The van der Waals surface area contributed by atoms with Gasteiger partial charge in [-0.1, -0.05) is 6.92 Å². The zero-order valence-corrected chi connectivity index (χ0v) is 12.1. The number of rotatable bonds is 4. The van der Waals surface area contributed by atoms with Crippen LogP contribution in [0.25, 0.3) is 5.65 Å². The third kappa shape index (κ3) is 3.06. The van der Waals surface area contributed by atoms with Gasteiger partial charge >= 0.3 is 6.18 Å². The number of aliphatic hydroxyl groups excluding tert-OH is 1. The topological polar surface area (TPSA) is 66.6 Å². The number of pyridine rings is 1. The first-order chi connectivity index (χ1) is 10.3. The summed E-state index contributed by atoms with van der Waals surface area (Å²) in [5, 5.41) is 11.7. The molecule has 22 heavy (non-hydrogen) atoms. The van der Waals surface area contributed by atoms with Crippen LogP contribution in [0.3, 0.4) is 0 Å². The summed E-state index contributed by atoms with van der Waals surface area (Å²) < 4.78 is 39.5. The van der Waals surface area contributed by atoms with Crippen LogP contribution >= 0.6 is 0 Å². The zero-order chi connectivity index (χ0) is 16.5. The number of carbonyl (C=O) groups excluding carboxylic acids is 1. The number of alkyl halides is 3. The molecule has 120 valence electrons. The molecule has 1 atom stereocenters. The predicted molar refractivity (Wildman–Crippen MR) is 73.6 cm³/mol. The lowest BCUT2D eigenvalue weighted by Crippen LogP contribution is -2.37. The Kier molecular flexibility index (Phi) is 4.41. The molecule has 1 unspecified atom stereocenters. The lowest BCUT2D eigenvalue weighted by Gasteiger charge is -2.14. The molecule has 2 aromatic rings. The molecular weight excluding hydrogens is 299 g/mol. The molecule has 2 rings (SSSR count). The van der Waals surface area contributed by atoms with Crippen LogP contribution in [0.2, 0.25) is 0 Å². The van der Waals surface area contributed by atoms with E-state index in [1.54, 1.807) is 13.8 Å². The molecule has 0 saturated carbocycles. The lowest BCUT2D eigenvalue weighted by molar-refractivity contribution is -0.137. The summed E-state index contributed by atoms with van der Waals surface area (Å²) in [7, 11) is 0. The van der Waals surface area contributed by atoms with Gasteiger partial charge in [0.1, 0.15) is 11.3 Å². The van der Waals surface area contributed by atoms with Gasteiger partial charge in [0.25, 0.3) is 5.91 Å². The Bertz CT molecular complexity index is 690. The Balaban J connectivity index is 2.48. The number of imidazole rings is 1. The quantitative estimate of drug-likeness (QED) is 0.908. The van der Waals surface area contributed by atoms with Crippen LogP contribution in [0.15, 0.2) is 18.3 Å². The zero-order valence-electron chi connectivity index (χ0n) is 12.1. The fourth-order valence-corrected chi connectivity index (χ4v) is 2.13. The molecule has 0 aliphatic carbocycles. The minimum Gasteiger partial charge on any atom is -0.394 e. The first-order valence-electron chi connectivity index (χ1n) is 6.75. The van der Waals surface area contributed by atoms with Crippen molar-refractivity contribution in [3.05, 3.63) is 35.3 Å². The molecule has 0 bridgehead atoms. The number of hydrogen-bond acceptors (Lipinski definition) is 3. The Morgan fingerprint density at radius 1 is 1.45 bits per heavy atom. The third-order valence-corrected chi connectivity index (χ3v) is 3.38. The molecule has 8 heteroatoms. The van der Waals surface area contributed by atoms with E-state index in [1.807, 2.05) is 0 Å². The van der Waals surface area contributed by atoms with Crippen LogP contribution in [-0.2, 0) is 6.18 Å². The van der Waals surface area contributed by atoms with Crippen molar-refractivity contribution in [1.82, 2.24) is 14.7 Å². The number of hydrogen-bond donors (Lipinski definition) is 2. The molecule has 0 saturated heterocycles. The Hall–Kier alpha value is -2.09. The maximum absolute atomic E-state index is 12.8. The molecule has 1 amide bonds. The van der Waals surface area contributed by atoms with Gasteiger partial charge in [-0.2, -0.15) is 13.2 Å². The second-order valence-corrected chi connectivity index (χ2v) is 4.95. The maximum Gasteiger partial charge on any atom is 0.417 e. The molecule has 0 aromatic carbocycles. The average molecular weight is 315 g/mol. The number of halogens is 3. The van der Waals surface area contributed by atoms with E-state index in [4.69, 9.17) is 5.11 Å². The summed E-state index contributed by atoms with van der Waals surface area (Å²) in [5.41, 5.74) is -0.244. The summed E-state index contributed by atoms with van der Waals surface area (Å²) in [6.45, 7) is 3.09. The second-order valence-electron chi connectivity index (χ2n) is 4.95. The number of carbonyl (C=O) groups is 1. The number of fused-ring (bicyclic) bond motifs is 1. The van der Waals surface area contributed by atoms with E-state index in [0.29, 0.717) is 12.1 Å². The third-order valence-electron chi connectivity index (χ3n) is 3.38. The largest absolute Gasteiger partial charge is 0.417 e. The average Bonchev–Trinajstić information content (AvgIpc) is 2.78. The summed E-state index contributed by atoms with van der Waals surface area (Å²) in [5.74, 6) is -0.565. The highest BCUT2D eigenvalue weighted by Crippen LogP contribution is 2.29. The van der Waals surface area contributed by atoms with E-state index >= 15 is 0 Å². The van der Waals surface area contributed by atoms with Crippen LogP contribution in [0, 0.1) is 6.92 Å². The van der Waals surface area contributed by atoms with E-state index in [9.17, 15) is 18.0 Å². The predicted octanol–water partition coefficient (Wildman–Crippen LogP) is 2.16. The van der Waals surface area contributed by atoms with Gasteiger partial charge in [-0.05, 0) is 25.5 Å². The Labute approximate surface area is 124 Å². The minimum absolute atomic E-state index is 0.0352. The number of aryl methyl sites for hydroxylation is 1. The van der Waals surface area contributed by atoms with Gasteiger partial charge < -0.3 is 10.4 Å². The SMILES string of the molecule is CCC(CO)NC(=O)c1c(C)nc2ccc(C(F)(F)F)cn12.